The number of nitriles is 2. The maximum atomic E-state index is 9.40. The summed E-state index contributed by atoms with van der Waals surface area (Å²) >= 11 is 5.89. The van der Waals surface area contributed by atoms with E-state index in [9.17, 15) is 5.26 Å². The molecule has 0 saturated heterocycles. The molecule has 24 heavy (non-hydrogen) atoms. The summed E-state index contributed by atoms with van der Waals surface area (Å²) in [5.41, 5.74) is 2.53. The second-order valence-corrected chi connectivity index (χ2v) is 5.51. The van der Waals surface area contributed by atoms with Crippen molar-refractivity contribution in [3.63, 3.8) is 0 Å². The normalized spacial score (nSPS) is 10.9. The molecule has 0 aliphatic heterocycles. The molecule has 0 atom stereocenters. The van der Waals surface area contributed by atoms with Gasteiger partial charge in [0.2, 0.25) is 0 Å². The van der Waals surface area contributed by atoms with E-state index in [4.69, 9.17) is 21.3 Å². The van der Waals surface area contributed by atoms with Crippen molar-refractivity contribution in [3.05, 3.63) is 82.6 Å². The molecular formula is C20H11ClN2O. The van der Waals surface area contributed by atoms with E-state index < -0.39 is 0 Å². The van der Waals surface area contributed by atoms with Crippen molar-refractivity contribution >= 4 is 23.3 Å². The Bertz CT molecular complexity index is 985. The smallest absolute Gasteiger partial charge is 0.134 e. The second kappa shape index (κ2) is 6.87. The van der Waals surface area contributed by atoms with Gasteiger partial charge in [-0.25, -0.2) is 0 Å². The first-order valence-electron chi connectivity index (χ1n) is 7.18. The van der Waals surface area contributed by atoms with E-state index >= 15 is 0 Å². The van der Waals surface area contributed by atoms with Crippen LogP contribution in [0.4, 0.5) is 0 Å². The molecule has 1 aromatic heterocycles. The Morgan fingerprint density at radius 2 is 1.79 bits per heavy atom. The van der Waals surface area contributed by atoms with Gasteiger partial charge in [0, 0.05) is 10.6 Å². The van der Waals surface area contributed by atoms with E-state index in [1.807, 2.05) is 18.2 Å². The van der Waals surface area contributed by atoms with Crippen molar-refractivity contribution < 1.29 is 4.42 Å². The molecule has 114 valence electrons. The number of hydrogen-bond acceptors (Lipinski definition) is 3. The van der Waals surface area contributed by atoms with Crippen LogP contribution in [-0.2, 0) is 0 Å². The highest BCUT2D eigenvalue weighted by molar-refractivity contribution is 6.30. The predicted molar refractivity (Wildman–Crippen MR) is 93.8 cm³/mol. The van der Waals surface area contributed by atoms with E-state index in [0.29, 0.717) is 33.2 Å². The van der Waals surface area contributed by atoms with E-state index in [1.165, 1.54) is 0 Å². The molecule has 0 N–H and O–H groups in total. The zero-order valence-electron chi connectivity index (χ0n) is 12.5. The molecule has 1 heterocycles. The number of hydrogen-bond donors (Lipinski definition) is 0. The van der Waals surface area contributed by atoms with Crippen LogP contribution in [0, 0.1) is 22.7 Å². The highest BCUT2D eigenvalue weighted by Gasteiger charge is 2.07. The molecule has 2 aromatic carbocycles. The quantitative estimate of drug-likeness (QED) is 0.593. The molecule has 0 fully saturated rings. The number of rotatable bonds is 3. The first-order chi connectivity index (χ1) is 11.7. The molecule has 0 amide bonds. The van der Waals surface area contributed by atoms with Crippen molar-refractivity contribution in [2.75, 3.05) is 0 Å². The molecule has 3 aromatic rings. The number of furan rings is 1. The summed E-state index contributed by atoms with van der Waals surface area (Å²) < 4.78 is 5.78. The Labute approximate surface area is 144 Å². The minimum absolute atomic E-state index is 0.434. The van der Waals surface area contributed by atoms with Crippen LogP contribution in [0.15, 0.2) is 65.1 Å². The molecule has 3 nitrogen and oxygen atoms in total. The zero-order chi connectivity index (χ0) is 16.9. The van der Waals surface area contributed by atoms with Gasteiger partial charge in [0.1, 0.15) is 11.5 Å². The fourth-order valence-electron chi connectivity index (χ4n) is 2.28. The fraction of sp³-hybridized carbons (Fsp3) is 0. The molecular weight excluding hydrogens is 320 g/mol. The molecule has 0 bridgehead atoms. The lowest BCUT2D eigenvalue weighted by Gasteiger charge is -1.99. The lowest BCUT2D eigenvalue weighted by atomic mass is 10.0. The summed E-state index contributed by atoms with van der Waals surface area (Å²) in [5.74, 6) is 1.26. The van der Waals surface area contributed by atoms with Crippen molar-refractivity contribution in [2.24, 2.45) is 0 Å². The maximum absolute atomic E-state index is 9.40. The lowest BCUT2D eigenvalue weighted by molar-refractivity contribution is 0.572. The summed E-state index contributed by atoms with van der Waals surface area (Å²) in [4.78, 5) is 0. The largest absolute Gasteiger partial charge is 0.457 e. The van der Waals surface area contributed by atoms with Crippen LogP contribution < -0.4 is 0 Å². The minimum Gasteiger partial charge on any atom is -0.457 e. The average molecular weight is 331 g/mol. The molecule has 0 aliphatic rings. The lowest BCUT2D eigenvalue weighted by Crippen LogP contribution is -1.83. The minimum atomic E-state index is 0.434. The van der Waals surface area contributed by atoms with Crippen LogP contribution in [0.25, 0.3) is 23.0 Å². The summed E-state index contributed by atoms with van der Waals surface area (Å²) in [6, 6.07) is 22.1. The van der Waals surface area contributed by atoms with E-state index in [2.05, 4.69) is 12.1 Å². The third-order valence-corrected chi connectivity index (χ3v) is 3.72. The van der Waals surface area contributed by atoms with Crippen LogP contribution >= 0.6 is 11.6 Å². The van der Waals surface area contributed by atoms with Crippen LogP contribution in [0.5, 0.6) is 0 Å². The monoisotopic (exact) mass is 330 g/mol. The molecule has 3 rings (SSSR count). The third-order valence-electron chi connectivity index (χ3n) is 3.47. The Morgan fingerprint density at radius 1 is 1.00 bits per heavy atom. The van der Waals surface area contributed by atoms with Crippen LogP contribution in [-0.4, -0.2) is 0 Å². The van der Waals surface area contributed by atoms with Crippen molar-refractivity contribution in [2.45, 2.75) is 0 Å². The van der Waals surface area contributed by atoms with Gasteiger partial charge >= 0.3 is 0 Å². The van der Waals surface area contributed by atoms with Gasteiger partial charge in [0.05, 0.1) is 23.3 Å². The van der Waals surface area contributed by atoms with Crippen LogP contribution in [0.1, 0.15) is 16.9 Å². The average Bonchev–Trinajstić information content (AvgIpc) is 3.09. The van der Waals surface area contributed by atoms with Crippen molar-refractivity contribution in [1.29, 1.82) is 10.5 Å². The summed E-state index contributed by atoms with van der Waals surface area (Å²) in [7, 11) is 0. The SMILES string of the molecule is N#C/C(=C\c1ccc(-c2ccc(Cl)cc2)o1)c1cccc(C#N)c1. The topological polar surface area (TPSA) is 60.7 Å². The fourth-order valence-corrected chi connectivity index (χ4v) is 2.40. The first kappa shape index (κ1) is 15.6. The summed E-state index contributed by atoms with van der Waals surface area (Å²) in [6.07, 6.45) is 1.66. The summed E-state index contributed by atoms with van der Waals surface area (Å²) in [5, 5.41) is 19.0. The molecule has 0 radical (unpaired) electrons. The predicted octanol–water partition coefficient (Wildman–Crippen LogP) is 5.54. The number of allylic oxidation sites excluding steroid dienone is 1. The second-order valence-electron chi connectivity index (χ2n) is 5.07. The van der Waals surface area contributed by atoms with E-state index in [-0.39, 0.29) is 0 Å². The highest BCUT2D eigenvalue weighted by Crippen LogP contribution is 2.26. The first-order valence-corrected chi connectivity index (χ1v) is 7.55. The highest BCUT2D eigenvalue weighted by atomic mass is 35.5. The molecule has 0 aliphatic carbocycles. The van der Waals surface area contributed by atoms with Gasteiger partial charge in [-0.2, -0.15) is 10.5 Å². The van der Waals surface area contributed by atoms with Crippen LogP contribution in [0.2, 0.25) is 5.02 Å². The van der Waals surface area contributed by atoms with E-state index in [0.717, 1.165) is 5.56 Å². The van der Waals surface area contributed by atoms with Crippen molar-refractivity contribution in [3.8, 4) is 23.5 Å². The van der Waals surface area contributed by atoms with Gasteiger partial charge in [0.25, 0.3) is 0 Å². The van der Waals surface area contributed by atoms with Gasteiger partial charge in [-0.05, 0) is 60.2 Å². The number of benzene rings is 2. The Hall–Kier alpha value is -3.27. The molecule has 0 unspecified atom stereocenters. The van der Waals surface area contributed by atoms with Gasteiger partial charge in [-0.15, -0.1) is 0 Å². The van der Waals surface area contributed by atoms with Crippen LogP contribution in [0.3, 0.4) is 0 Å². The van der Waals surface area contributed by atoms with Crippen molar-refractivity contribution in [1.82, 2.24) is 0 Å². The van der Waals surface area contributed by atoms with E-state index in [1.54, 1.807) is 48.5 Å². The van der Waals surface area contributed by atoms with Gasteiger partial charge in [-0.3, -0.25) is 0 Å². The summed E-state index contributed by atoms with van der Waals surface area (Å²) in [6.45, 7) is 0. The van der Waals surface area contributed by atoms with Gasteiger partial charge in [0.15, 0.2) is 0 Å². The zero-order valence-corrected chi connectivity index (χ0v) is 13.3. The number of nitrogens with zero attached hydrogens (tertiary/aromatic N) is 2. The molecule has 4 heteroatoms. The molecule has 0 spiro atoms. The van der Waals surface area contributed by atoms with Gasteiger partial charge in [-0.1, -0.05) is 23.7 Å². The Kier molecular flexibility index (Phi) is 4.47. The van der Waals surface area contributed by atoms with Gasteiger partial charge < -0.3 is 4.42 Å². The maximum Gasteiger partial charge on any atom is 0.134 e. The standard InChI is InChI=1S/C20H11ClN2O/c21-18-6-4-15(5-7-18)20-9-8-19(24-20)11-17(13-23)16-3-1-2-14(10-16)12-22/h1-11H/b17-11+. The Balaban J connectivity index is 1.94. The Morgan fingerprint density at radius 3 is 2.50 bits per heavy atom. The number of halogens is 1. The third kappa shape index (κ3) is 3.38. The molecule has 0 saturated carbocycles.